The smallest absolute Gasteiger partial charge is 0.221 e. The number of rotatable bonds is 1. The van der Waals surface area contributed by atoms with Crippen molar-refractivity contribution < 1.29 is 4.79 Å². The third kappa shape index (κ3) is 2.24. The van der Waals surface area contributed by atoms with Gasteiger partial charge in [0.15, 0.2) is 0 Å². The van der Waals surface area contributed by atoms with Gasteiger partial charge in [-0.1, -0.05) is 0 Å². The van der Waals surface area contributed by atoms with E-state index in [0.29, 0.717) is 19.5 Å². The summed E-state index contributed by atoms with van der Waals surface area (Å²) < 4.78 is 0. The lowest BCUT2D eigenvalue weighted by Gasteiger charge is -2.21. The van der Waals surface area contributed by atoms with E-state index in [1.807, 2.05) is 13.0 Å². The molecule has 1 aliphatic heterocycles. The lowest BCUT2D eigenvalue weighted by molar-refractivity contribution is -0.120. The predicted molar refractivity (Wildman–Crippen MR) is 63.2 cm³/mol. The fourth-order valence-electron chi connectivity index (χ4n) is 1.70. The van der Waals surface area contributed by atoms with Gasteiger partial charge in [-0.05, 0) is 12.5 Å². The summed E-state index contributed by atoms with van der Waals surface area (Å²) in [5.74, 6) is 0.946. The van der Waals surface area contributed by atoms with Crippen molar-refractivity contribution in [3.05, 3.63) is 17.8 Å². The Bertz CT molecular complexity index is 405. The first-order chi connectivity index (χ1) is 7.66. The number of nitrogen functional groups attached to an aromatic ring is 1. The standard InChI is InChI=1S/C11H16N4O/c1-8-7-14-10(6-9(8)12)15-4-2-11(16)13-3-5-15/h6-7H,2-5H2,1H3,(H2,12,14)(H,13,16). The van der Waals surface area contributed by atoms with E-state index < -0.39 is 0 Å². The molecule has 1 aromatic rings. The Balaban J connectivity index is 2.16. The summed E-state index contributed by atoms with van der Waals surface area (Å²) in [6.45, 7) is 4.07. The number of pyridine rings is 1. The van der Waals surface area contributed by atoms with Crippen LogP contribution < -0.4 is 16.0 Å². The second kappa shape index (κ2) is 4.38. The van der Waals surface area contributed by atoms with E-state index in [1.165, 1.54) is 0 Å². The van der Waals surface area contributed by atoms with Crippen molar-refractivity contribution in [2.45, 2.75) is 13.3 Å². The summed E-state index contributed by atoms with van der Waals surface area (Å²) in [6, 6.07) is 1.87. The molecule has 0 aliphatic carbocycles. The fourth-order valence-corrected chi connectivity index (χ4v) is 1.70. The first-order valence-corrected chi connectivity index (χ1v) is 5.40. The van der Waals surface area contributed by atoms with Gasteiger partial charge in [0.25, 0.3) is 0 Å². The highest BCUT2D eigenvalue weighted by molar-refractivity contribution is 5.77. The predicted octanol–water partition coefficient (Wildman–Crippen LogP) is 0.299. The topological polar surface area (TPSA) is 71.2 Å². The van der Waals surface area contributed by atoms with Crippen molar-refractivity contribution >= 4 is 17.4 Å². The zero-order valence-electron chi connectivity index (χ0n) is 9.36. The molecule has 86 valence electrons. The van der Waals surface area contributed by atoms with Crippen molar-refractivity contribution in [1.82, 2.24) is 10.3 Å². The molecule has 1 aliphatic rings. The average molecular weight is 220 g/mol. The molecule has 0 atom stereocenters. The third-order valence-corrected chi connectivity index (χ3v) is 2.77. The molecule has 16 heavy (non-hydrogen) atoms. The molecule has 0 radical (unpaired) electrons. The number of carbonyl (C=O) groups excluding carboxylic acids is 1. The Morgan fingerprint density at radius 3 is 3.06 bits per heavy atom. The van der Waals surface area contributed by atoms with Crippen LogP contribution in [0.2, 0.25) is 0 Å². The van der Waals surface area contributed by atoms with Gasteiger partial charge in [0.2, 0.25) is 5.91 Å². The number of nitrogens with one attached hydrogen (secondary N) is 1. The number of nitrogens with two attached hydrogens (primary N) is 1. The number of hydrogen-bond acceptors (Lipinski definition) is 4. The summed E-state index contributed by atoms with van der Waals surface area (Å²) in [5, 5.41) is 2.83. The maximum Gasteiger partial charge on any atom is 0.221 e. The molecule has 5 heteroatoms. The molecule has 0 saturated carbocycles. The molecule has 3 N–H and O–H groups in total. The normalized spacial score (nSPS) is 16.8. The lowest BCUT2D eigenvalue weighted by atomic mass is 10.2. The molecule has 0 unspecified atom stereocenters. The average Bonchev–Trinajstić information content (AvgIpc) is 2.47. The van der Waals surface area contributed by atoms with E-state index in [2.05, 4.69) is 15.2 Å². The summed E-state index contributed by atoms with van der Waals surface area (Å²) in [7, 11) is 0. The van der Waals surface area contributed by atoms with Gasteiger partial charge in [-0.25, -0.2) is 4.98 Å². The second-order valence-electron chi connectivity index (χ2n) is 3.99. The number of aryl methyl sites for hydroxylation is 1. The van der Waals surface area contributed by atoms with Gasteiger partial charge >= 0.3 is 0 Å². The lowest BCUT2D eigenvalue weighted by Crippen LogP contribution is -2.29. The Morgan fingerprint density at radius 1 is 1.50 bits per heavy atom. The van der Waals surface area contributed by atoms with Gasteiger partial charge in [0, 0.05) is 44.0 Å². The van der Waals surface area contributed by atoms with Gasteiger partial charge in [0.05, 0.1) is 0 Å². The maximum absolute atomic E-state index is 11.2. The Labute approximate surface area is 94.6 Å². The van der Waals surface area contributed by atoms with Gasteiger partial charge < -0.3 is 16.0 Å². The largest absolute Gasteiger partial charge is 0.398 e. The quantitative estimate of drug-likeness (QED) is 0.714. The van der Waals surface area contributed by atoms with Crippen molar-refractivity contribution in [1.29, 1.82) is 0 Å². The molecule has 1 amide bonds. The first kappa shape index (κ1) is 10.7. The molecule has 1 saturated heterocycles. The maximum atomic E-state index is 11.2. The van der Waals surface area contributed by atoms with Crippen LogP contribution >= 0.6 is 0 Å². The highest BCUT2D eigenvalue weighted by atomic mass is 16.1. The van der Waals surface area contributed by atoms with Crippen LogP contribution in [-0.2, 0) is 4.79 Å². The number of nitrogens with zero attached hydrogens (tertiary/aromatic N) is 2. The van der Waals surface area contributed by atoms with E-state index in [1.54, 1.807) is 6.20 Å². The van der Waals surface area contributed by atoms with Crippen molar-refractivity contribution in [3.63, 3.8) is 0 Å². The molecule has 0 aromatic carbocycles. The molecular formula is C11H16N4O. The van der Waals surface area contributed by atoms with Crippen LogP contribution in [0.4, 0.5) is 11.5 Å². The summed E-state index contributed by atoms with van der Waals surface area (Å²) in [4.78, 5) is 17.6. The molecular weight excluding hydrogens is 204 g/mol. The van der Waals surface area contributed by atoms with Crippen LogP contribution in [0.25, 0.3) is 0 Å². The minimum atomic E-state index is 0.0996. The van der Waals surface area contributed by atoms with E-state index in [4.69, 9.17) is 5.73 Å². The monoisotopic (exact) mass is 220 g/mol. The number of aromatic nitrogens is 1. The third-order valence-electron chi connectivity index (χ3n) is 2.77. The van der Waals surface area contributed by atoms with Crippen molar-refractivity contribution in [2.75, 3.05) is 30.3 Å². The van der Waals surface area contributed by atoms with E-state index in [9.17, 15) is 4.79 Å². The summed E-state index contributed by atoms with van der Waals surface area (Å²) >= 11 is 0. The fraction of sp³-hybridized carbons (Fsp3) is 0.455. The summed E-state index contributed by atoms with van der Waals surface area (Å²) in [5.41, 5.74) is 7.57. The molecule has 1 aromatic heterocycles. The van der Waals surface area contributed by atoms with Gasteiger partial charge in [-0.15, -0.1) is 0 Å². The van der Waals surface area contributed by atoms with Crippen LogP contribution in [0.1, 0.15) is 12.0 Å². The number of anilines is 2. The second-order valence-corrected chi connectivity index (χ2v) is 3.99. The number of carbonyl (C=O) groups is 1. The van der Waals surface area contributed by atoms with Gasteiger partial charge in [-0.2, -0.15) is 0 Å². The highest BCUT2D eigenvalue weighted by Crippen LogP contribution is 2.18. The molecule has 1 fully saturated rings. The minimum Gasteiger partial charge on any atom is -0.398 e. The molecule has 0 spiro atoms. The number of amides is 1. The van der Waals surface area contributed by atoms with Gasteiger partial charge in [-0.3, -0.25) is 4.79 Å². The zero-order valence-corrected chi connectivity index (χ0v) is 9.36. The van der Waals surface area contributed by atoms with Crippen LogP contribution in [0.15, 0.2) is 12.3 Å². The molecule has 2 heterocycles. The van der Waals surface area contributed by atoms with Crippen LogP contribution in [0, 0.1) is 6.92 Å². The minimum absolute atomic E-state index is 0.0996. The molecule has 5 nitrogen and oxygen atoms in total. The Morgan fingerprint density at radius 2 is 2.31 bits per heavy atom. The highest BCUT2D eigenvalue weighted by Gasteiger charge is 2.14. The molecule has 0 bridgehead atoms. The van der Waals surface area contributed by atoms with E-state index in [-0.39, 0.29) is 5.91 Å². The van der Waals surface area contributed by atoms with Crippen LogP contribution in [0.5, 0.6) is 0 Å². The first-order valence-electron chi connectivity index (χ1n) is 5.40. The van der Waals surface area contributed by atoms with Crippen molar-refractivity contribution in [2.24, 2.45) is 0 Å². The Kier molecular flexibility index (Phi) is 2.94. The van der Waals surface area contributed by atoms with Gasteiger partial charge in [0.1, 0.15) is 5.82 Å². The SMILES string of the molecule is Cc1cnc(N2CCNC(=O)CC2)cc1N. The van der Waals surface area contributed by atoms with E-state index in [0.717, 1.165) is 23.6 Å². The summed E-state index contributed by atoms with van der Waals surface area (Å²) in [6.07, 6.45) is 2.28. The van der Waals surface area contributed by atoms with Crippen molar-refractivity contribution in [3.8, 4) is 0 Å². The van der Waals surface area contributed by atoms with E-state index >= 15 is 0 Å². The van der Waals surface area contributed by atoms with Crippen LogP contribution in [0.3, 0.4) is 0 Å². The molecule has 2 rings (SSSR count). The number of hydrogen-bond donors (Lipinski definition) is 2. The zero-order chi connectivity index (χ0) is 11.5. The Hall–Kier alpha value is -1.78. The van der Waals surface area contributed by atoms with Crippen LogP contribution in [-0.4, -0.2) is 30.5 Å².